The van der Waals surface area contributed by atoms with Crippen LogP contribution in [0.5, 0.6) is 0 Å². The van der Waals surface area contributed by atoms with Gasteiger partial charge in [-0.2, -0.15) is 0 Å². The maximum Gasteiger partial charge on any atom is 0.306 e. The van der Waals surface area contributed by atoms with Crippen LogP contribution in [-0.2, 0) is 9.53 Å². The number of ether oxygens (including phenoxy) is 1. The Balaban J connectivity index is 2.01. The van der Waals surface area contributed by atoms with Crippen LogP contribution in [-0.4, -0.2) is 57.4 Å². The zero-order chi connectivity index (χ0) is 22.2. The fourth-order valence-electron chi connectivity index (χ4n) is 4.32. The fraction of sp³-hybridized carbons (Fsp3) is 0.958. The van der Waals surface area contributed by atoms with E-state index in [-0.39, 0.29) is 13.0 Å². The van der Waals surface area contributed by atoms with Gasteiger partial charge in [0, 0.05) is 0 Å². The first-order valence-electron chi connectivity index (χ1n) is 12.4. The number of unbranched alkanes of at least 4 members (excludes halogenated alkanes) is 13. The molecule has 6 heteroatoms. The standard InChI is InChI=1S/C24H46O6/c1-2-3-4-5-6-7-8-9-10-11-12-13-14-15-16-19(24(28)29)17-20(25)23-22(27)21(26)18-30-23/h19-23,25-27H,2-18H2,1H3,(H,28,29)/t19?,20?,21-,22+,23-/m1/s1. The number of carbonyl (C=O) groups is 1. The van der Waals surface area contributed by atoms with E-state index in [1.165, 1.54) is 70.6 Å². The van der Waals surface area contributed by atoms with E-state index in [1.807, 2.05) is 0 Å². The Kier molecular flexibility index (Phi) is 15.4. The Hall–Kier alpha value is -0.690. The molecule has 30 heavy (non-hydrogen) atoms. The Morgan fingerprint density at radius 3 is 1.73 bits per heavy atom. The maximum atomic E-state index is 11.5. The van der Waals surface area contributed by atoms with E-state index in [2.05, 4.69) is 6.92 Å². The molecule has 1 aliphatic heterocycles. The van der Waals surface area contributed by atoms with Crippen molar-refractivity contribution in [2.24, 2.45) is 5.92 Å². The van der Waals surface area contributed by atoms with Crippen LogP contribution in [0, 0.1) is 5.92 Å². The summed E-state index contributed by atoms with van der Waals surface area (Å²) >= 11 is 0. The van der Waals surface area contributed by atoms with Crippen molar-refractivity contribution in [3.05, 3.63) is 0 Å². The number of aliphatic hydroxyl groups is 3. The van der Waals surface area contributed by atoms with Gasteiger partial charge in [0.05, 0.1) is 18.6 Å². The second-order valence-electron chi connectivity index (χ2n) is 9.08. The Bertz CT molecular complexity index is 430. The van der Waals surface area contributed by atoms with Gasteiger partial charge in [-0.1, -0.05) is 96.8 Å². The van der Waals surface area contributed by atoms with Crippen molar-refractivity contribution in [3.63, 3.8) is 0 Å². The van der Waals surface area contributed by atoms with E-state index >= 15 is 0 Å². The van der Waals surface area contributed by atoms with Crippen LogP contribution < -0.4 is 0 Å². The lowest BCUT2D eigenvalue weighted by molar-refractivity contribution is -0.144. The lowest BCUT2D eigenvalue weighted by atomic mass is 9.91. The summed E-state index contributed by atoms with van der Waals surface area (Å²) in [7, 11) is 0. The monoisotopic (exact) mass is 430 g/mol. The molecule has 2 unspecified atom stereocenters. The third kappa shape index (κ3) is 11.6. The van der Waals surface area contributed by atoms with Crippen LogP contribution in [0.25, 0.3) is 0 Å². The summed E-state index contributed by atoms with van der Waals surface area (Å²) < 4.78 is 5.20. The minimum absolute atomic E-state index is 0.0282. The first kappa shape index (κ1) is 27.3. The molecule has 4 N–H and O–H groups in total. The van der Waals surface area contributed by atoms with E-state index in [1.54, 1.807) is 0 Å². The average Bonchev–Trinajstić information content (AvgIpc) is 3.05. The normalized spacial score (nSPS) is 23.5. The molecule has 6 nitrogen and oxygen atoms in total. The molecule has 0 aromatic carbocycles. The fourth-order valence-corrected chi connectivity index (χ4v) is 4.32. The summed E-state index contributed by atoms with van der Waals surface area (Å²) in [6.07, 6.45) is 14.0. The molecule has 0 aliphatic carbocycles. The van der Waals surface area contributed by atoms with Gasteiger partial charge >= 0.3 is 5.97 Å². The lowest BCUT2D eigenvalue weighted by Gasteiger charge is -2.23. The maximum absolute atomic E-state index is 11.5. The highest BCUT2D eigenvalue weighted by Crippen LogP contribution is 2.24. The van der Waals surface area contributed by atoms with E-state index < -0.39 is 36.3 Å². The minimum atomic E-state index is -1.16. The summed E-state index contributed by atoms with van der Waals surface area (Å²) in [5.41, 5.74) is 0. The first-order valence-corrected chi connectivity index (χ1v) is 12.4. The van der Waals surface area contributed by atoms with E-state index in [0.717, 1.165) is 19.3 Å². The molecular weight excluding hydrogens is 384 g/mol. The Morgan fingerprint density at radius 2 is 1.33 bits per heavy atom. The highest BCUT2D eigenvalue weighted by atomic mass is 16.5. The molecule has 0 amide bonds. The molecule has 178 valence electrons. The number of hydrogen-bond acceptors (Lipinski definition) is 5. The molecule has 1 heterocycles. The van der Waals surface area contributed by atoms with Crippen LogP contribution >= 0.6 is 0 Å². The minimum Gasteiger partial charge on any atom is -0.481 e. The predicted molar refractivity (Wildman–Crippen MR) is 118 cm³/mol. The molecule has 0 aromatic rings. The van der Waals surface area contributed by atoms with Crippen molar-refractivity contribution >= 4 is 5.97 Å². The lowest BCUT2D eigenvalue weighted by Crippen LogP contribution is -2.40. The molecule has 0 bridgehead atoms. The van der Waals surface area contributed by atoms with Crippen molar-refractivity contribution < 1.29 is 30.0 Å². The second-order valence-corrected chi connectivity index (χ2v) is 9.08. The van der Waals surface area contributed by atoms with Gasteiger partial charge in [0.15, 0.2) is 0 Å². The Morgan fingerprint density at radius 1 is 0.867 bits per heavy atom. The van der Waals surface area contributed by atoms with Crippen LogP contribution in [0.15, 0.2) is 0 Å². The number of carboxylic acid groups (broad SMARTS) is 1. The van der Waals surface area contributed by atoms with Crippen LogP contribution in [0.3, 0.4) is 0 Å². The molecule has 1 aliphatic rings. The SMILES string of the molecule is CCCCCCCCCCCCCCCCC(CC(O)[C@H]1OC[C@@H](O)[C@@H]1O)C(=O)O. The molecule has 1 saturated heterocycles. The van der Waals surface area contributed by atoms with Gasteiger partial charge in [0.1, 0.15) is 18.3 Å². The smallest absolute Gasteiger partial charge is 0.306 e. The number of hydrogen-bond donors (Lipinski definition) is 4. The quantitative estimate of drug-likeness (QED) is 0.226. The van der Waals surface area contributed by atoms with Gasteiger partial charge in [0.2, 0.25) is 0 Å². The van der Waals surface area contributed by atoms with Gasteiger partial charge in [-0.25, -0.2) is 0 Å². The van der Waals surface area contributed by atoms with Gasteiger partial charge in [-0.15, -0.1) is 0 Å². The topological polar surface area (TPSA) is 107 Å². The number of rotatable bonds is 19. The van der Waals surface area contributed by atoms with Crippen molar-refractivity contribution in [3.8, 4) is 0 Å². The zero-order valence-corrected chi connectivity index (χ0v) is 19.0. The highest BCUT2D eigenvalue weighted by molar-refractivity contribution is 5.69. The van der Waals surface area contributed by atoms with Crippen molar-refractivity contribution in [1.82, 2.24) is 0 Å². The summed E-state index contributed by atoms with van der Waals surface area (Å²) in [5.74, 6) is -1.57. The van der Waals surface area contributed by atoms with E-state index in [4.69, 9.17) is 4.74 Å². The second kappa shape index (κ2) is 16.9. The summed E-state index contributed by atoms with van der Waals surface area (Å²) in [6, 6.07) is 0. The third-order valence-corrected chi connectivity index (χ3v) is 6.35. The van der Waals surface area contributed by atoms with Crippen molar-refractivity contribution in [2.45, 2.75) is 134 Å². The van der Waals surface area contributed by atoms with Crippen molar-refractivity contribution in [2.75, 3.05) is 6.61 Å². The Labute approximate surface area is 183 Å². The molecule has 0 spiro atoms. The van der Waals surface area contributed by atoms with Gasteiger partial charge < -0.3 is 25.2 Å². The zero-order valence-electron chi connectivity index (χ0n) is 19.0. The van der Waals surface area contributed by atoms with E-state index in [0.29, 0.717) is 6.42 Å². The van der Waals surface area contributed by atoms with Crippen molar-refractivity contribution in [1.29, 1.82) is 0 Å². The molecule has 1 rings (SSSR count). The molecular formula is C24H46O6. The average molecular weight is 431 g/mol. The molecule has 0 radical (unpaired) electrons. The van der Waals surface area contributed by atoms with Gasteiger partial charge in [0.25, 0.3) is 0 Å². The molecule has 1 fully saturated rings. The predicted octanol–water partition coefficient (Wildman–Crippen LogP) is 4.43. The van der Waals surface area contributed by atoms with Crippen LogP contribution in [0.1, 0.15) is 110 Å². The van der Waals surface area contributed by atoms with Crippen LogP contribution in [0.2, 0.25) is 0 Å². The summed E-state index contributed by atoms with van der Waals surface area (Å²) in [4.78, 5) is 11.5. The van der Waals surface area contributed by atoms with Gasteiger partial charge in [-0.05, 0) is 12.8 Å². The molecule has 0 saturated carbocycles. The number of aliphatic carboxylic acids is 1. The number of carboxylic acids is 1. The molecule has 5 atom stereocenters. The summed E-state index contributed by atoms with van der Waals surface area (Å²) in [6.45, 7) is 2.22. The summed E-state index contributed by atoms with van der Waals surface area (Å²) in [5, 5.41) is 38.9. The van der Waals surface area contributed by atoms with E-state index in [9.17, 15) is 25.2 Å². The highest BCUT2D eigenvalue weighted by Gasteiger charge is 2.40. The first-order chi connectivity index (χ1) is 14.5. The third-order valence-electron chi connectivity index (χ3n) is 6.35. The molecule has 0 aromatic heterocycles. The van der Waals surface area contributed by atoms with Crippen LogP contribution in [0.4, 0.5) is 0 Å². The number of aliphatic hydroxyl groups excluding tert-OH is 3. The largest absolute Gasteiger partial charge is 0.481 e. The van der Waals surface area contributed by atoms with Gasteiger partial charge in [-0.3, -0.25) is 4.79 Å².